The molecular formula is C9H13N3O2. The van der Waals surface area contributed by atoms with Gasteiger partial charge in [-0.1, -0.05) is 0 Å². The number of hydrogen-bond acceptors (Lipinski definition) is 5. The zero-order valence-electron chi connectivity index (χ0n) is 8.23. The normalized spacial score (nSPS) is 10.2. The molecule has 5 heteroatoms. The smallest absolute Gasteiger partial charge is 0.330 e. The lowest BCUT2D eigenvalue weighted by Gasteiger charge is -2.07. The van der Waals surface area contributed by atoms with Gasteiger partial charge < -0.3 is 4.84 Å². The monoisotopic (exact) mass is 195 g/mol. The zero-order chi connectivity index (χ0) is 10.4. The van der Waals surface area contributed by atoms with E-state index >= 15 is 0 Å². The lowest BCUT2D eigenvalue weighted by molar-refractivity contribution is -0.151. The maximum absolute atomic E-state index is 11.2. The van der Waals surface area contributed by atoms with Gasteiger partial charge in [0.15, 0.2) is 0 Å². The molecule has 0 aromatic carbocycles. The van der Waals surface area contributed by atoms with Crippen LogP contribution in [0.3, 0.4) is 0 Å². The topological polar surface area (TPSA) is 64.1 Å². The van der Waals surface area contributed by atoms with Crippen molar-refractivity contribution in [2.45, 2.75) is 26.3 Å². The fourth-order valence-electron chi connectivity index (χ4n) is 0.789. The van der Waals surface area contributed by atoms with Crippen molar-refractivity contribution >= 4 is 5.97 Å². The largest absolute Gasteiger partial charge is 0.370 e. The minimum atomic E-state index is -0.362. The highest BCUT2D eigenvalue weighted by Gasteiger charge is 2.06. The van der Waals surface area contributed by atoms with Gasteiger partial charge in [0, 0.05) is 24.6 Å². The van der Waals surface area contributed by atoms with Gasteiger partial charge in [-0.15, -0.1) is 0 Å². The second kappa shape index (κ2) is 5.29. The molecule has 0 aliphatic carbocycles. The van der Waals surface area contributed by atoms with Crippen molar-refractivity contribution in [3.05, 3.63) is 24.3 Å². The van der Waals surface area contributed by atoms with E-state index in [0.29, 0.717) is 5.69 Å². The zero-order valence-corrected chi connectivity index (χ0v) is 8.23. The number of rotatable bonds is 4. The van der Waals surface area contributed by atoms with E-state index < -0.39 is 0 Å². The third-order valence-electron chi connectivity index (χ3n) is 1.35. The number of nitrogens with zero attached hydrogens (tertiary/aromatic N) is 2. The molecule has 1 aromatic heterocycles. The van der Waals surface area contributed by atoms with Gasteiger partial charge in [0.2, 0.25) is 0 Å². The minimum Gasteiger partial charge on any atom is -0.370 e. The molecule has 1 aromatic rings. The fourth-order valence-corrected chi connectivity index (χ4v) is 0.789. The molecule has 76 valence electrons. The Labute approximate surface area is 82.5 Å². The average molecular weight is 195 g/mol. The first kappa shape index (κ1) is 10.6. The summed E-state index contributed by atoms with van der Waals surface area (Å²) in [6.45, 7) is 3.77. The van der Waals surface area contributed by atoms with Crippen LogP contribution < -0.4 is 5.48 Å². The molecule has 0 aliphatic rings. The van der Waals surface area contributed by atoms with Crippen molar-refractivity contribution in [1.82, 2.24) is 15.4 Å². The molecule has 0 saturated heterocycles. The number of nitrogens with one attached hydrogen (secondary N) is 1. The Morgan fingerprint density at radius 2 is 2.36 bits per heavy atom. The first-order chi connectivity index (χ1) is 6.68. The number of hydrogen-bond donors (Lipinski definition) is 1. The van der Waals surface area contributed by atoms with Crippen LogP contribution >= 0.6 is 0 Å². The fraction of sp³-hybridized carbons (Fsp3) is 0.444. The molecule has 14 heavy (non-hydrogen) atoms. The van der Waals surface area contributed by atoms with Crippen LogP contribution in [0.4, 0.5) is 0 Å². The van der Waals surface area contributed by atoms with Crippen molar-refractivity contribution in [3.8, 4) is 0 Å². The first-order valence-corrected chi connectivity index (χ1v) is 4.38. The Morgan fingerprint density at radius 3 is 2.93 bits per heavy atom. The molecule has 0 atom stereocenters. The molecule has 0 saturated carbocycles. The highest BCUT2D eigenvalue weighted by atomic mass is 16.7. The van der Waals surface area contributed by atoms with E-state index in [0.717, 1.165) is 0 Å². The van der Waals surface area contributed by atoms with Gasteiger partial charge in [0.1, 0.15) is 0 Å². The van der Waals surface area contributed by atoms with Crippen LogP contribution in [0, 0.1) is 0 Å². The van der Waals surface area contributed by atoms with Gasteiger partial charge in [-0.05, 0) is 13.8 Å². The number of aromatic nitrogens is 2. The standard InChI is InChI=1S/C9H13N3O2/c1-7(2)12-14-9(13)5-8-6-10-3-4-11-8/h3-4,6-7,12H,5H2,1-2H3. The maximum Gasteiger partial charge on any atom is 0.330 e. The lowest BCUT2D eigenvalue weighted by Crippen LogP contribution is -2.27. The van der Waals surface area contributed by atoms with Crippen LogP contribution in [-0.2, 0) is 16.1 Å². The maximum atomic E-state index is 11.2. The summed E-state index contributed by atoms with van der Waals surface area (Å²) in [5.74, 6) is -0.362. The molecule has 1 rings (SSSR count). The van der Waals surface area contributed by atoms with Crippen LogP contribution in [0.25, 0.3) is 0 Å². The molecule has 0 aliphatic heterocycles. The molecule has 1 N–H and O–H groups in total. The summed E-state index contributed by atoms with van der Waals surface area (Å²) in [5, 5.41) is 0. The second-order valence-electron chi connectivity index (χ2n) is 3.12. The summed E-state index contributed by atoms with van der Waals surface area (Å²) in [6.07, 6.45) is 4.77. The van der Waals surface area contributed by atoms with Gasteiger partial charge in [-0.3, -0.25) is 9.97 Å². The van der Waals surface area contributed by atoms with Gasteiger partial charge in [0.05, 0.1) is 12.1 Å². The molecular weight excluding hydrogens is 182 g/mol. The van der Waals surface area contributed by atoms with Gasteiger partial charge in [0.25, 0.3) is 0 Å². The molecule has 5 nitrogen and oxygen atoms in total. The summed E-state index contributed by atoms with van der Waals surface area (Å²) in [5.41, 5.74) is 3.17. The quantitative estimate of drug-likeness (QED) is 0.708. The Bertz CT molecular complexity index is 287. The van der Waals surface area contributed by atoms with Crippen LogP contribution in [0.5, 0.6) is 0 Å². The molecule has 0 spiro atoms. The Morgan fingerprint density at radius 1 is 1.57 bits per heavy atom. The van der Waals surface area contributed by atoms with Crippen molar-refractivity contribution in [2.75, 3.05) is 0 Å². The number of carbonyl (C=O) groups excluding carboxylic acids is 1. The van der Waals surface area contributed by atoms with Crippen molar-refractivity contribution in [2.24, 2.45) is 0 Å². The van der Waals surface area contributed by atoms with Crippen LogP contribution in [0.15, 0.2) is 18.6 Å². The van der Waals surface area contributed by atoms with E-state index in [9.17, 15) is 4.79 Å². The first-order valence-electron chi connectivity index (χ1n) is 4.38. The van der Waals surface area contributed by atoms with E-state index in [-0.39, 0.29) is 18.4 Å². The molecule has 0 unspecified atom stereocenters. The lowest BCUT2D eigenvalue weighted by atomic mass is 10.3. The van der Waals surface area contributed by atoms with E-state index in [1.807, 2.05) is 13.8 Å². The summed E-state index contributed by atoms with van der Waals surface area (Å²) in [7, 11) is 0. The molecule has 0 bridgehead atoms. The van der Waals surface area contributed by atoms with E-state index in [2.05, 4.69) is 15.4 Å². The molecule has 0 amide bonds. The average Bonchev–Trinajstić information content (AvgIpc) is 2.16. The highest BCUT2D eigenvalue weighted by Crippen LogP contribution is 1.93. The third kappa shape index (κ3) is 3.95. The predicted molar refractivity (Wildman–Crippen MR) is 50.1 cm³/mol. The van der Waals surface area contributed by atoms with Crippen LogP contribution in [0.1, 0.15) is 19.5 Å². The van der Waals surface area contributed by atoms with E-state index in [1.54, 1.807) is 12.4 Å². The van der Waals surface area contributed by atoms with Gasteiger partial charge in [-0.25, -0.2) is 4.79 Å². The Kier molecular flexibility index (Phi) is 4.00. The third-order valence-corrected chi connectivity index (χ3v) is 1.35. The minimum absolute atomic E-state index is 0.112. The van der Waals surface area contributed by atoms with Crippen molar-refractivity contribution in [1.29, 1.82) is 0 Å². The van der Waals surface area contributed by atoms with Crippen LogP contribution in [-0.4, -0.2) is 22.0 Å². The SMILES string of the molecule is CC(C)NOC(=O)Cc1cnccn1. The van der Waals surface area contributed by atoms with Gasteiger partial charge >= 0.3 is 5.97 Å². The number of carbonyl (C=O) groups is 1. The van der Waals surface area contributed by atoms with Gasteiger partial charge in [-0.2, -0.15) is 5.48 Å². The molecule has 1 heterocycles. The van der Waals surface area contributed by atoms with Crippen molar-refractivity contribution in [3.63, 3.8) is 0 Å². The summed E-state index contributed by atoms with van der Waals surface area (Å²) in [4.78, 5) is 23.7. The highest BCUT2D eigenvalue weighted by molar-refractivity contribution is 5.71. The molecule has 0 fully saturated rings. The van der Waals surface area contributed by atoms with Crippen LogP contribution in [0.2, 0.25) is 0 Å². The molecule has 0 radical (unpaired) electrons. The van der Waals surface area contributed by atoms with E-state index in [4.69, 9.17) is 4.84 Å². The Hall–Kier alpha value is -1.49. The summed E-state index contributed by atoms with van der Waals surface area (Å²) >= 11 is 0. The second-order valence-corrected chi connectivity index (χ2v) is 3.12. The summed E-state index contributed by atoms with van der Waals surface area (Å²) in [6, 6.07) is 0.112. The summed E-state index contributed by atoms with van der Waals surface area (Å²) < 4.78 is 0. The van der Waals surface area contributed by atoms with Crippen molar-refractivity contribution < 1.29 is 9.63 Å². The van der Waals surface area contributed by atoms with E-state index in [1.165, 1.54) is 6.20 Å². The predicted octanol–water partition coefficient (Wildman–Crippen LogP) is 0.475. The number of hydroxylamine groups is 1. The Balaban J connectivity index is 2.35.